The third-order valence-corrected chi connectivity index (χ3v) is 6.89. The van der Waals surface area contributed by atoms with Gasteiger partial charge in [-0.2, -0.15) is 0 Å². The number of allylic oxidation sites excluding steroid dienone is 1. The number of nitrogens with one attached hydrogen (secondary N) is 1. The summed E-state index contributed by atoms with van der Waals surface area (Å²) in [7, 11) is -3.39. The number of sulfone groups is 1. The van der Waals surface area contributed by atoms with Crippen molar-refractivity contribution in [2.45, 2.75) is 48.8 Å². The van der Waals surface area contributed by atoms with Crippen LogP contribution in [0.3, 0.4) is 0 Å². The van der Waals surface area contributed by atoms with E-state index >= 15 is 0 Å². The Labute approximate surface area is 180 Å². The van der Waals surface area contributed by atoms with E-state index < -0.39 is 34.0 Å². The third kappa shape index (κ3) is 5.18. The number of pyridine rings is 1. The predicted octanol–water partition coefficient (Wildman–Crippen LogP) is 4.47. The number of anilines is 1. The Morgan fingerprint density at radius 2 is 1.71 bits per heavy atom. The van der Waals surface area contributed by atoms with Crippen LogP contribution in [0.25, 0.3) is 5.57 Å². The predicted molar refractivity (Wildman–Crippen MR) is 115 cm³/mol. The second-order valence-corrected chi connectivity index (χ2v) is 10.4. The van der Waals surface area contributed by atoms with Gasteiger partial charge in [-0.05, 0) is 66.8 Å². The molecule has 1 aromatic heterocycles. The van der Waals surface area contributed by atoms with Crippen LogP contribution in [-0.4, -0.2) is 37.9 Å². The molecule has 164 valence electrons. The first kappa shape index (κ1) is 21.6. The Morgan fingerprint density at radius 3 is 2.23 bits per heavy atom. The summed E-state index contributed by atoms with van der Waals surface area (Å²) in [5, 5.41) is 2.74. The fraction of sp³-hybridized carbons (Fsp3) is 0.391. The van der Waals surface area contributed by atoms with Crippen molar-refractivity contribution >= 4 is 27.1 Å². The van der Waals surface area contributed by atoms with Gasteiger partial charge in [0.05, 0.1) is 4.90 Å². The molecule has 2 fully saturated rings. The highest BCUT2D eigenvalue weighted by Gasteiger charge is 2.34. The SMILES string of the molecule is CS(=O)(=O)c1ccc(/C(=C\C2C[C@@H](F)[C@@H](F)C2)C(=O)Nc2ccc(C3CC3)cn2)cc1. The smallest absolute Gasteiger partial charge is 0.257 e. The van der Waals surface area contributed by atoms with Crippen LogP contribution >= 0.6 is 0 Å². The summed E-state index contributed by atoms with van der Waals surface area (Å²) >= 11 is 0. The Hall–Kier alpha value is -2.61. The molecule has 3 atom stereocenters. The van der Waals surface area contributed by atoms with Crippen molar-refractivity contribution in [2.24, 2.45) is 5.92 Å². The number of aromatic nitrogens is 1. The molecule has 0 bridgehead atoms. The van der Waals surface area contributed by atoms with Crippen LogP contribution in [0.5, 0.6) is 0 Å². The van der Waals surface area contributed by atoms with Crippen molar-refractivity contribution < 1.29 is 22.0 Å². The topological polar surface area (TPSA) is 76.1 Å². The van der Waals surface area contributed by atoms with E-state index in [1.54, 1.807) is 18.3 Å². The maximum Gasteiger partial charge on any atom is 0.257 e. The van der Waals surface area contributed by atoms with Crippen molar-refractivity contribution in [1.82, 2.24) is 4.98 Å². The first-order chi connectivity index (χ1) is 14.7. The van der Waals surface area contributed by atoms with E-state index in [0.29, 0.717) is 17.3 Å². The highest BCUT2D eigenvalue weighted by Crippen LogP contribution is 2.40. The first-order valence-electron chi connectivity index (χ1n) is 10.3. The molecular formula is C23H24F2N2O3S. The molecule has 8 heteroatoms. The molecule has 2 saturated carbocycles. The molecule has 0 radical (unpaired) electrons. The second kappa shape index (κ2) is 8.49. The normalized spacial score (nSPS) is 24.2. The molecular weight excluding hydrogens is 422 g/mol. The van der Waals surface area contributed by atoms with Crippen LogP contribution in [0.2, 0.25) is 0 Å². The van der Waals surface area contributed by atoms with Crippen LogP contribution < -0.4 is 5.32 Å². The van der Waals surface area contributed by atoms with Crippen LogP contribution in [-0.2, 0) is 14.6 Å². The Bertz CT molecular complexity index is 1080. The monoisotopic (exact) mass is 446 g/mol. The lowest BCUT2D eigenvalue weighted by Gasteiger charge is -2.12. The number of halogens is 2. The molecule has 31 heavy (non-hydrogen) atoms. The lowest BCUT2D eigenvalue weighted by Crippen LogP contribution is -2.16. The highest BCUT2D eigenvalue weighted by molar-refractivity contribution is 7.90. The van der Waals surface area contributed by atoms with Crippen LogP contribution in [0, 0.1) is 5.92 Å². The zero-order chi connectivity index (χ0) is 22.2. The summed E-state index contributed by atoms with van der Waals surface area (Å²) in [6.07, 6.45) is 3.65. The lowest BCUT2D eigenvalue weighted by atomic mass is 9.98. The zero-order valence-corrected chi connectivity index (χ0v) is 17.9. The zero-order valence-electron chi connectivity index (χ0n) is 17.1. The number of rotatable bonds is 6. The molecule has 5 nitrogen and oxygen atoms in total. The van der Waals surface area contributed by atoms with Crippen molar-refractivity contribution in [3.63, 3.8) is 0 Å². The average molecular weight is 447 g/mol. The van der Waals surface area contributed by atoms with Gasteiger partial charge in [0.2, 0.25) is 0 Å². The molecule has 0 aliphatic heterocycles. The fourth-order valence-electron chi connectivity index (χ4n) is 3.85. The average Bonchev–Trinajstić information content (AvgIpc) is 3.52. The van der Waals surface area contributed by atoms with Gasteiger partial charge in [0.15, 0.2) is 9.84 Å². The molecule has 1 heterocycles. The summed E-state index contributed by atoms with van der Waals surface area (Å²) in [4.78, 5) is 17.5. The minimum absolute atomic E-state index is 0.00764. The molecule has 1 unspecified atom stereocenters. The van der Waals surface area contributed by atoms with Gasteiger partial charge in [-0.3, -0.25) is 4.79 Å². The largest absolute Gasteiger partial charge is 0.307 e. The minimum atomic E-state index is -3.39. The summed E-state index contributed by atoms with van der Waals surface area (Å²) in [5.74, 6) is 0.0407. The molecule has 0 saturated heterocycles. The van der Waals surface area contributed by atoms with Crippen molar-refractivity contribution in [3.8, 4) is 0 Å². The van der Waals surface area contributed by atoms with Crippen LogP contribution in [0.1, 0.15) is 42.7 Å². The van der Waals surface area contributed by atoms with Crippen molar-refractivity contribution in [2.75, 3.05) is 11.6 Å². The standard InChI is InChI=1S/C23H24F2N2O3S/c1-31(29,30)18-7-4-16(5-8-18)19(10-14-11-20(24)21(25)12-14)23(28)27-22-9-6-17(13-26-22)15-2-3-15/h4-10,13-15,20-21H,2-3,11-12H2,1H3,(H,26,27,28)/b19-10+/t14?,20-,21+. The number of amides is 1. The van der Waals surface area contributed by atoms with E-state index in [1.165, 1.54) is 24.3 Å². The van der Waals surface area contributed by atoms with Gasteiger partial charge in [-0.25, -0.2) is 22.2 Å². The Morgan fingerprint density at radius 1 is 1.06 bits per heavy atom. The van der Waals surface area contributed by atoms with E-state index in [2.05, 4.69) is 10.3 Å². The van der Waals surface area contributed by atoms with E-state index in [-0.39, 0.29) is 23.3 Å². The molecule has 1 aromatic carbocycles. The van der Waals surface area contributed by atoms with Gasteiger partial charge >= 0.3 is 0 Å². The Balaban J connectivity index is 1.60. The summed E-state index contributed by atoms with van der Waals surface area (Å²) in [6.45, 7) is 0. The van der Waals surface area contributed by atoms with E-state index in [1.807, 2.05) is 6.07 Å². The molecule has 1 amide bonds. The first-order valence-corrected chi connectivity index (χ1v) is 12.2. The van der Waals surface area contributed by atoms with Crippen LogP contribution in [0.4, 0.5) is 14.6 Å². The van der Waals surface area contributed by atoms with Gasteiger partial charge in [-0.1, -0.05) is 24.3 Å². The maximum atomic E-state index is 13.7. The van der Waals surface area contributed by atoms with E-state index in [0.717, 1.165) is 24.7 Å². The number of alkyl halides is 2. The molecule has 2 aliphatic carbocycles. The van der Waals surface area contributed by atoms with Gasteiger partial charge in [0.25, 0.3) is 5.91 Å². The summed E-state index contributed by atoms with van der Waals surface area (Å²) in [6, 6.07) is 9.56. The molecule has 2 aromatic rings. The number of nitrogens with zero attached hydrogens (tertiary/aromatic N) is 1. The van der Waals surface area contributed by atoms with E-state index in [9.17, 15) is 22.0 Å². The van der Waals surface area contributed by atoms with Gasteiger partial charge in [0, 0.05) is 18.0 Å². The number of carbonyl (C=O) groups is 1. The number of hydrogen-bond donors (Lipinski definition) is 1. The quantitative estimate of drug-likeness (QED) is 0.665. The lowest BCUT2D eigenvalue weighted by molar-refractivity contribution is -0.111. The van der Waals surface area contributed by atoms with Crippen molar-refractivity contribution in [3.05, 3.63) is 59.8 Å². The van der Waals surface area contributed by atoms with E-state index in [4.69, 9.17) is 0 Å². The molecule has 4 rings (SSSR count). The number of hydrogen-bond acceptors (Lipinski definition) is 4. The number of carbonyl (C=O) groups excluding carboxylic acids is 1. The third-order valence-electron chi connectivity index (χ3n) is 5.77. The van der Waals surface area contributed by atoms with Gasteiger partial charge < -0.3 is 5.32 Å². The summed E-state index contributed by atoms with van der Waals surface area (Å²) in [5.41, 5.74) is 1.84. The van der Waals surface area contributed by atoms with Gasteiger partial charge in [0.1, 0.15) is 18.2 Å². The minimum Gasteiger partial charge on any atom is -0.307 e. The van der Waals surface area contributed by atoms with Crippen LogP contribution in [0.15, 0.2) is 53.6 Å². The molecule has 2 aliphatic rings. The number of benzene rings is 1. The maximum absolute atomic E-state index is 13.7. The second-order valence-electron chi connectivity index (χ2n) is 8.35. The fourth-order valence-corrected chi connectivity index (χ4v) is 4.48. The highest BCUT2D eigenvalue weighted by atomic mass is 32.2. The van der Waals surface area contributed by atoms with Gasteiger partial charge in [-0.15, -0.1) is 0 Å². The summed E-state index contributed by atoms with van der Waals surface area (Å²) < 4.78 is 50.8. The molecule has 1 N–H and O–H groups in total. The van der Waals surface area contributed by atoms with Crippen molar-refractivity contribution in [1.29, 1.82) is 0 Å². The Kier molecular flexibility index (Phi) is 5.92. The molecule has 0 spiro atoms.